The average Bonchev–Trinajstić information content (AvgIpc) is 2.84. The number of nitrogens with zero attached hydrogens (tertiary/aromatic N) is 2. The Balaban J connectivity index is 0.000000303. The minimum absolute atomic E-state index is 0.258. The van der Waals surface area contributed by atoms with Crippen LogP contribution >= 0.6 is 0 Å². The molecule has 1 aromatic rings. The first-order chi connectivity index (χ1) is 16.7. The number of hydrogen-bond acceptors (Lipinski definition) is 8. The standard InChI is InChI=1S/C18H26N2O3.C9H18N2O/c1-23-18-6-5-16(14-20(9-11-21)10-12-22)13-17(18)15-19-7-3-2-4-8-19;1-8(2)5-11-6-9(3,4-10)7(8)12/h5-6,11-13H,2-4,7-10,14-15H2,1H3;11H,4-6,10H2,1-3H3. The second-order valence-electron chi connectivity index (χ2n) is 10.6. The van der Waals surface area contributed by atoms with Gasteiger partial charge < -0.3 is 25.4 Å². The first-order valence-electron chi connectivity index (χ1n) is 12.6. The third-order valence-electron chi connectivity index (χ3n) is 6.95. The normalized spacial score (nSPS) is 22.3. The highest BCUT2D eigenvalue weighted by Crippen LogP contribution is 2.31. The molecule has 8 heteroatoms. The number of likely N-dealkylation sites (tertiary alicyclic amines) is 1. The number of aldehydes is 2. The molecule has 2 aliphatic heterocycles. The van der Waals surface area contributed by atoms with Crippen molar-refractivity contribution in [3.63, 3.8) is 0 Å². The van der Waals surface area contributed by atoms with Crippen LogP contribution in [0.4, 0.5) is 0 Å². The van der Waals surface area contributed by atoms with Crippen LogP contribution in [-0.2, 0) is 27.5 Å². The van der Waals surface area contributed by atoms with Crippen molar-refractivity contribution < 1.29 is 19.1 Å². The van der Waals surface area contributed by atoms with Gasteiger partial charge in [-0.2, -0.15) is 0 Å². The molecule has 0 spiro atoms. The average molecular weight is 489 g/mol. The van der Waals surface area contributed by atoms with Crippen molar-refractivity contribution in [2.45, 2.75) is 53.1 Å². The highest BCUT2D eigenvalue weighted by atomic mass is 16.5. The van der Waals surface area contributed by atoms with Gasteiger partial charge in [-0.3, -0.25) is 14.6 Å². The summed E-state index contributed by atoms with van der Waals surface area (Å²) in [5.41, 5.74) is 7.24. The molecule has 0 aliphatic carbocycles. The van der Waals surface area contributed by atoms with Crippen LogP contribution in [0.3, 0.4) is 0 Å². The lowest BCUT2D eigenvalue weighted by Crippen LogP contribution is -2.57. The molecule has 1 unspecified atom stereocenters. The van der Waals surface area contributed by atoms with E-state index in [9.17, 15) is 14.4 Å². The molecular formula is C27H44N4O4. The molecule has 2 aliphatic rings. The third kappa shape index (κ3) is 8.49. The summed E-state index contributed by atoms with van der Waals surface area (Å²) in [6.07, 6.45) is 5.51. The second kappa shape index (κ2) is 13.8. The lowest BCUT2D eigenvalue weighted by molar-refractivity contribution is -0.138. The van der Waals surface area contributed by atoms with E-state index in [1.54, 1.807) is 7.11 Å². The van der Waals surface area contributed by atoms with E-state index in [2.05, 4.69) is 16.3 Å². The van der Waals surface area contributed by atoms with E-state index in [0.29, 0.717) is 19.6 Å². The van der Waals surface area contributed by atoms with Crippen LogP contribution in [0.5, 0.6) is 5.75 Å². The van der Waals surface area contributed by atoms with Crippen LogP contribution in [0.25, 0.3) is 0 Å². The summed E-state index contributed by atoms with van der Waals surface area (Å²) in [7, 11) is 1.69. The van der Waals surface area contributed by atoms with E-state index < -0.39 is 0 Å². The van der Waals surface area contributed by atoms with Gasteiger partial charge in [0.1, 0.15) is 24.1 Å². The van der Waals surface area contributed by atoms with Gasteiger partial charge in [-0.05, 0) is 43.6 Å². The van der Waals surface area contributed by atoms with Crippen LogP contribution in [0.2, 0.25) is 0 Å². The SMILES string of the molecule is CC1(C)CNCC(C)(CN)C1=O.COc1ccc(CN(CC=O)CC=O)cc1CN1CCCCC1. The number of methoxy groups -OCH3 is 1. The Bertz CT molecular complexity index is 828. The van der Waals surface area contributed by atoms with Gasteiger partial charge in [0.2, 0.25) is 0 Å². The molecule has 35 heavy (non-hydrogen) atoms. The number of ether oxygens (including phenoxy) is 1. The Labute approximate surface area is 210 Å². The van der Waals surface area contributed by atoms with Crippen molar-refractivity contribution in [3.05, 3.63) is 29.3 Å². The Morgan fingerprint density at radius 1 is 1.09 bits per heavy atom. The van der Waals surface area contributed by atoms with Gasteiger partial charge in [0.25, 0.3) is 0 Å². The molecule has 2 saturated heterocycles. The van der Waals surface area contributed by atoms with Crippen LogP contribution in [-0.4, -0.2) is 81.1 Å². The first kappa shape index (κ1) is 29.1. The number of carbonyl (C=O) groups is 3. The number of ketones is 1. The van der Waals surface area contributed by atoms with Gasteiger partial charge in [0.15, 0.2) is 0 Å². The number of benzene rings is 1. The summed E-state index contributed by atoms with van der Waals surface area (Å²) in [5.74, 6) is 1.19. The first-order valence-corrected chi connectivity index (χ1v) is 12.6. The quantitative estimate of drug-likeness (QED) is 0.482. The lowest BCUT2D eigenvalue weighted by Gasteiger charge is -2.40. The monoisotopic (exact) mass is 488 g/mol. The number of Topliss-reactive ketones (excluding diaryl/α,β-unsaturated/α-hetero) is 1. The van der Waals surface area contributed by atoms with Gasteiger partial charge in [-0.25, -0.2) is 0 Å². The summed E-state index contributed by atoms with van der Waals surface area (Å²) in [5, 5.41) is 3.25. The molecular weight excluding hydrogens is 444 g/mol. The maximum Gasteiger partial charge on any atom is 0.148 e. The summed E-state index contributed by atoms with van der Waals surface area (Å²) >= 11 is 0. The Morgan fingerprint density at radius 3 is 2.29 bits per heavy atom. The number of piperidine rings is 2. The van der Waals surface area contributed by atoms with Crippen molar-refractivity contribution in [3.8, 4) is 5.75 Å². The van der Waals surface area contributed by atoms with E-state index in [-0.39, 0.29) is 29.7 Å². The minimum Gasteiger partial charge on any atom is -0.496 e. The Hall–Kier alpha value is -2.13. The molecule has 0 bridgehead atoms. The molecule has 3 N–H and O–H groups in total. The topological polar surface area (TPSA) is 105 Å². The Kier molecular flexibility index (Phi) is 11.5. The molecule has 1 atom stereocenters. The van der Waals surface area contributed by atoms with Gasteiger partial charge in [0.05, 0.1) is 25.6 Å². The van der Waals surface area contributed by atoms with E-state index in [1.165, 1.54) is 24.8 Å². The van der Waals surface area contributed by atoms with Crippen molar-refractivity contribution in [1.82, 2.24) is 15.1 Å². The minimum atomic E-state index is -0.359. The summed E-state index contributed by atoms with van der Waals surface area (Å²) in [6, 6.07) is 6.12. The van der Waals surface area contributed by atoms with Crippen molar-refractivity contribution in [1.29, 1.82) is 0 Å². The zero-order chi connectivity index (χ0) is 25.9. The summed E-state index contributed by atoms with van der Waals surface area (Å²) in [6.45, 7) is 12.1. The van der Waals surface area contributed by atoms with Crippen LogP contribution in [0, 0.1) is 10.8 Å². The van der Waals surface area contributed by atoms with Crippen LogP contribution in [0.1, 0.15) is 51.2 Å². The van der Waals surface area contributed by atoms with Crippen molar-refractivity contribution >= 4 is 18.4 Å². The van der Waals surface area contributed by atoms with Gasteiger partial charge in [-0.1, -0.05) is 33.3 Å². The number of nitrogens with one attached hydrogen (secondary N) is 1. The third-order valence-corrected chi connectivity index (χ3v) is 6.95. The zero-order valence-corrected chi connectivity index (χ0v) is 22.0. The number of rotatable bonds is 10. The molecule has 3 rings (SSSR count). The van der Waals surface area contributed by atoms with E-state index in [0.717, 1.165) is 50.1 Å². The molecule has 196 valence electrons. The molecule has 1 aromatic carbocycles. The van der Waals surface area contributed by atoms with Crippen molar-refractivity contribution in [2.24, 2.45) is 16.6 Å². The molecule has 0 amide bonds. The number of hydrogen-bond donors (Lipinski definition) is 2. The van der Waals surface area contributed by atoms with E-state index in [4.69, 9.17) is 10.5 Å². The largest absolute Gasteiger partial charge is 0.496 e. The predicted octanol–water partition coefficient (Wildman–Crippen LogP) is 2.03. The van der Waals surface area contributed by atoms with Gasteiger partial charge in [0, 0.05) is 43.7 Å². The fraction of sp³-hybridized carbons (Fsp3) is 0.667. The molecule has 0 aromatic heterocycles. The maximum atomic E-state index is 11.9. The molecule has 2 fully saturated rings. The van der Waals surface area contributed by atoms with Crippen LogP contribution in [0.15, 0.2) is 18.2 Å². The summed E-state index contributed by atoms with van der Waals surface area (Å²) < 4.78 is 5.49. The zero-order valence-electron chi connectivity index (χ0n) is 22.0. The molecule has 0 radical (unpaired) electrons. The smallest absolute Gasteiger partial charge is 0.148 e. The van der Waals surface area contributed by atoms with Gasteiger partial charge >= 0.3 is 0 Å². The fourth-order valence-electron chi connectivity index (χ4n) is 4.88. The molecule has 2 heterocycles. The molecule has 0 saturated carbocycles. The predicted molar refractivity (Wildman–Crippen MR) is 138 cm³/mol. The molecule has 8 nitrogen and oxygen atoms in total. The van der Waals surface area contributed by atoms with Gasteiger partial charge in [-0.15, -0.1) is 0 Å². The Morgan fingerprint density at radius 2 is 1.74 bits per heavy atom. The fourth-order valence-corrected chi connectivity index (χ4v) is 4.88. The van der Waals surface area contributed by atoms with E-state index in [1.807, 2.05) is 37.8 Å². The summed E-state index contributed by atoms with van der Waals surface area (Å²) in [4.78, 5) is 37.6. The second-order valence-corrected chi connectivity index (χ2v) is 10.6. The highest BCUT2D eigenvalue weighted by Gasteiger charge is 2.44. The number of carbonyl (C=O) groups excluding carboxylic acids is 3. The highest BCUT2D eigenvalue weighted by molar-refractivity contribution is 5.90. The lowest BCUT2D eigenvalue weighted by atomic mass is 9.69. The van der Waals surface area contributed by atoms with Crippen LogP contribution < -0.4 is 15.8 Å². The maximum absolute atomic E-state index is 11.9. The van der Waals surface area contributed by atoms with E-state index >= 15 is 0 Å². The number of nitrogens with two attached hydrogens (primary N) is 1. The van der Waals surface area contributed by atoms with Crippen molar-refractivity contribution in [2.75, 3.05) is 52.9 Å².